The molecule has 115 valence electrons. The van der Waals surface area contributed by atoms with Crippen molar-refractivity contribution < 1.29 is 5.11 Å². The van der Waals surface area contributed by atoms with E-state index in [1.54, 1.807) is 12.1 Å². The van der Waals surface area contributed by atoms with Gasteiger partial charge in [0.25, 0.3) is 0 Å². The Labute approximate surface area is 132 Å². The van der Waals surface area contributed by atoms with Gasteiger partial charge in [0, 0.05) is 30.5 Å². The normalized spacial score (nSPS) is 15.8. The number of nitrogens with one attached hydrogen (secondary N) is 1. The van der Waals surface area contributed by atoms with E-state index in [9.17, 15) is 5.11 Å². The van der Waals surface area contributed by atoms with E-state index in [2.05, 4.69) is 42.3 Å². The molecule has 0 amide bonds. The second kappa shape index (κ2) is 6.30. The number of anilines is 2. The Bertz CT molecular complexity index is 628. The molecule has 1 aliphatic rings. The summed E-state index contributed by atoms with van der Waals surface area (Å²) in [6.45, 7) is 6.39. The Morgan fingerprint density at radius 2 is 1.68 bits per heavy atom. The molecule has 1 radical (unpaired) electrons. The van der Waals surface area contributed by atoms with Crippen LogP contribution in [0.3, 0.4) is 0 Å². The molecule has 0 aliphatic carbocycles. The molecule has 2 aromatic rings. The summed E-state index contributed by atoms with van der Waals surface area (Å²) in [4.78, 5) is 2.36. The zero-order valence-electron chi connectivity index (χ0n) is 13.3. The van der Waals surface area contributed by atoms with Crippen LogP contribution in [-0.2, 0) is 5.11 Å². The summed E-state index contributed by atoms with van der Waals surface area (Å²) >= 11 is 0. The number of benzene rings is 2. The number of aryl methyl sites for hydroxylation is 1. The molecule has 0 saturated carbocycles. The summed E-state index contributed by atoms with van der Waals surface area (Å²) in [5, 5.41) is 14.9. The van der Waals surface area contributed by atoms with Gasteiger partial charge in [-0.2, -0.15) is 0 Å². The van der Waals surface area contributed by atoms with Crippen LogP contribution in [0.4, 0.5) is 11.4 Å². The van der Waals surface area contributed by atoms with E-state index in [0.29, 0.717) is 6.04 Å². The van der Waals surface area contributed by atoms with Gasteiger partial charge in [0.05, 0.1) is 0 Å². The van der Waals surface area contributed by atoms with Gasteiger partial charge in [0.15, 0.2) is 5.75 Å². The summed E-state index contributed by atoms with van der Waals surface area (Å²) in [6.07, 6.45) is 2.24. The maximum Gasteiger partial charge on any atom is 0.178 e. The summed E-state index contributed by atoms with van der Waals surface area (Å²) < 4.78 is 0. The summed E-state index contributed by atoms with van der Waals surface area (Å²) in [5.74, 6) is 0.0789. The maximum atomic E-state index is 11.2. The van der Waals surface area contributed by atoms with Gasteiger partial charge in [-0.1, -0.05) is 12.1 Å². The standard InChI is InChI=1S/C19H23N2O/c1-14-4-3-5-19(15(14)2)20-16-10-12-21(13-11-16)17-6-8-18(22)9-7-17/h3-9,16,20H,10-13H2,1-2H3. The predicted molar refractivity (Wildman–Crippen MR) is 91.3 cm³/mol. The molecular formula is C19H23N2O. The number of rotatable bonds is 3. The average Bonchev–Trinajstić information content (AvgIpc) is 2.53. The highest BCUT2D eigenvalue weighted by Crippen LogP contribution is 2.25. The van der Waals surface area contributed by atoms with Crippen molar-refractivity contribution in [2.75, 3.05) is 23.3 Å². The van der Waals surface area contributed by atoms with E-state index >= 15 is 0 Å². The number of nitrogens with zero attached hydrogens (tertiary/aromatic N) is 1. The van der Waals surface area contributed by atoms with Gasteiger partial charge in [-0.15, -0.1) is 0 Å². The van der Waals surface area contributed by atoms with E-state index in [1.165, 1.54) is 16.8 Å². The molecule has 0 aromatic heterocycles. The molecule has 3 rings (SSSR count). The molecular weight excluding hydrogens is 272 g/mol. The number of hydrogen-bond donors (Lipinski definition) is 1. The van der Waals surface area contributed by atoms with Crippen LogP contribution in [0.15, 0.2) is 42.5 Å². The molecule has 3 heteroatoms. The lowest BCUT2D eigenvalue weighted by atomic mass is 10.0. The third-order valence-electron chi connectivity index (χ3n) is 4.66. The molecule has 1 N–H and O–H groups in total. The first-order chi connectivity index (χ1) is 10.6. The minimum Gasteiger partial charge on any atom is -0.382 e. The largest absolute Gasteiger partial charge is 0.382 e. The van der Waals surface area contributed by atoms with Crippen LogP contribution >= 0.6 is 0 Å². The second-order valence-corrected chi connectivity index (χ2v) is 6.15. The van der Waals surface area contributed by atoms with E-state index < -0.39 is 0 Å². The molecule has 3 nitrogen and oxygen atoms in total. The Balaban J connectivity index is 1.60. The molecule has 1 fully saturated rings. The van der Waals surface area contributed by atoms with Gasteiger partial charge >= 0.3 is 0 Å². The van der Waals surface area contributed by atoms with Crippen LogP contribution in [-0.4, -0.2) is 19.1 Å². The fraction of sp³-hybridized carbons (Fsp3) is 0.368. The highest BCUT2D eigenvalue weighted by atomic mass is 16.3. The maximum absolute atomic E-state index is 11.2. The van der Waals surface area contributed by atoms with E-state index in [-0.39, 0.29) is 5.75 Å². The first-order valence-electron chi connectivity index (χ1n) is 7.98. The quantitative estimate of drug-likeness (QED) is 0.903. The molecule has 22 heavy (non-hydrogen) atoms. The molecule has 0 bridgehead atoms. The van der Waals surface area contributed by atoms with Crippen LogP contribution in [0.25, 0.3) is 0 Å². The molecule has 1 saturated heterocycles. The van der Waals surface area contributed by atoms with Crippen LogP contribution in [0, 0.1) is 13.8 Å². The predicted octanol–water partition coefficient (Wildman–Crippen LogP) is 4.53. The van der Waals surface area contributed by atoms with Crippen LogP contribution < -0.4 is 10.2 Å². The number of hydrogen-bond acceptors (Lipinski definition) is 2. The van der Waals surface area contributed by atoms with E-state index in [4.69, 9.17) is 0 Å². The second-order valence-electron chi connectivity index (χ2n) is 6.15. The van der Waals surface area contributed by atoms with Crippen molar-refractivity contribution >= 4 is 11.4 Å². The van der Waals surface area contributed by atoms with Crippen LogP contribution in [0.1, 0.15) is 24.0 Å². The van der Waals surface area contributed by atoms with Crippen molar-refractivity contribution in [3.63, 3.8) is 0 Å². The molecule has 2 aromatic carbocycles. The number of piperidine rings is 1. The lowest BCUT2D eigenvalue weighted by Crippen LogP contribution is -2.39. The lowest BCUT2D eigenvalue weighted by molar-refractivity contribution is 0.355. The van der Waals surface area contributed by atoms with Crippen molar-refractivity contribution in [3.05, 3.63) is 53.6 Å². The van der Waals surface area contributed by atoms with Gasteiger partial charge < -0.3 is 10.2 Å². The molecule has 0 spiro atoms. The summed E-state index contributed by atoms with van der Waals surface area (Å²) in [5.41, 5.74) is 5.09. The van der Waals surface area contributed by atoms with Gasteiger partial charge in [-0.3, -0.25) is 5.11 Å². The first-order valence-corrected chi connectivity index (χ1v) is 7.98. The molecule has 0 atom stereocenters. The topological polar surface area (TPSA) is 35.2 Å². The zero-order valence-corrected chi connectivity index (χ0v) is 13.3. The van der Waals surface area contributed by atoms with Gasteiger partial charge in [-0.05, 0) is 68.1 Å². The Morgan fingerprint density at radius 1 is 1.00 bits per heavy atom. The van der Waals surface area contributed by atoms with Crippen molar-refractivity contribution in [1.29, 1.82) is 0 Å². The first kappa shape index (κ1) is 14.8. The Morgan fingerprint density at radius 3 is 2.36 bits per heavy atom. The monoisotopic (exact) mass is 295 g/mol. The highest BCUT2D eigenvalue weighted by Gasteiger charge is 2.19. The SMILES string of the molecule is Cc1cccc(NC2CCN(c3ccc([O])cc3)CC2)c1C. The third-order valence-corrected chi connectivity index (χ3v) is 4.66. The van der Waals surface area contributed by atoms with Crippen molar-refractivity contribution in [3.8, 4) is 5.75 Å². The van der Waals surface area contributed by atoms with Gasteiger partial charge in [-0.25, -0.2) is 0 Å². The average molecular weight is 295 g/mol. The van der Waals surface area contributed by atoms with Crippen molar-refractivity contribution in [1.82, 2.24) is 0 Å². The van der Waals surface area contributed by atoms with Crippen LogP contribution in [0.2, 0.25) is 0 Å². The molecule has 1 heterocycles. The van der Waals surface area contributed by atoms with Crippen LogP contribution in [0.5, 0.6) is 5.75 Å². The Kier molecular flexibility index (Phi) is 4.23. The van der Waals surface area contributed by atoms with Gasteiger partial charge in [0.1, 0.15) is 0 Å². The smallest absolute Gasteiger partial charge is 0.178 e. The summed E-state index contributed by atoms with van der Waals surface area (Å²) in [7, 11) is 0. The lowest BCUT2D eigenvalue weighted by Gasteiger charge is -2.34. The van der Waals surface area contributed by atoms with Gasteiger partial charge in [0.2, 0.25) is 0 Å². The minimum absolute atomic E-state index is 0.0789. The fourth-order valence-electron chi connectivity index (χ4n) is 3.07. The molecule has 0 unspecified atom stereocenters. The highest BCUT2D eigenvalue weighted by molar-refractivity contribution is 5.55. The Hall–Kier alpha value is -2.16. The third kappa shape index (κ3) is 3.19. The van der Waals surface area contributed by atoms with Crippen molar-refractivity contribution in [2.24, 2.45) is 0 Å². The van der Waals surface area contributed by atoms with Crippen molar-refractivity contribution in [2.45, 2.75) is 32.7 Å². The van der Waals surface area contributed by atoms with E-state index in [1.807, 2.05) is 12.1 Å². The fourth-order valence-corrected chi connectivity index (χ4v) is 3.07. The molecule has 1 aliphatic heterocycles. The van der Waals surface area contributed by atoms with E-state index in [0.717, 1.165) is 31.6 Å². The minimum atomic E-state index is 0.0789. The zero-order chi connectivity index (χ0) is 15.5. The summed E-state index contributed by atoms with van der Waals surface area (Å²) in [6, 6.07) is 14.1.